The van der Waals surface area contributed by atoms with Crippen molar-refractivity contribution in [1.29, 1.82) is 0 Å². The van der Waals surface area contributed by atoms with Crippen molar-refractivity contribution in [3.05, 3.63) is 82.5 Å². The van der Waals surface area contributed by atoms with Crippen LogP contribution in [-0.4, -0.2) is 10.9 Å². The molecular formula is C22H22ClN3O. The molecule has 2 aromatic carbocycles. The first kappa shape index (κ1) is 18.9. The number of pyridine rings is 1. The molecule has 1 aromatic heterocycles. The van der Waals surface area contributed by atoms with Gasteiger partial charge in [0.05, 0.1) is 5.69 Å². The summed E-state index contributed by atoms with van der Waals surface area (Å²) in [6.07, 6.45) is 6.89. The van der Waals surface area contributed by atoms with Gasteiger partial charge in [-0.2, -0.15) is 0 Å². The lowest BCUT2D eigenvalue weighted by atomic mass is 9.92. The van der Waals surface area contributed by atoms with Crippen LogP contribution in [0.5, 0.6) is 0 Å². The molecule has 27 heavy (non-hydrogen) atoms. The number of nitrogen functional groups attached to an aromatic ring is 1. The number of benzene rings is 2. The number of carbonyl (C=O) groups excluding carboxylic acids is 1. The quantitative estimate of drug-likeness (QED) is 0.636. The molecule has 4 rings (SSSR count). The lowest BCUT2D eigenvalue weighted by molar-refractivity contribution is 0.1000. The minimum absolute atomic E-state index is 0.384. The first-order chi connectivity index (χ1) is 13.0. The number of aryl methyl sites for hydroxylation is 2. The fourth-order valence-electron chi connectivity index (χ4n) is 3.16. The third-order valence-electron chi connectivity index (χ3n) is 4.60. The van der Waals surface area contributed by atoms with Crippen molar-refractivity contribution < 1.29 is 4.79 Å². The molecule has 0 saturated carbocycles. The van der Waals surface area contributed by atoms with Crippen LogP contribution >= 0.6 is 11.6 Å². The number of amides is 1. The van der Waals surface area contributed by atoms with Gasteiger partial charge in [0.15, 0.2) is 0 Å². The molecule has 138 valence electrons. The minimum Gasteiger partial charge on any atom is -0.398 e. The molecule has 0 spiro atoms. The largest absolute Gasteiger partial charge is 0.398 e. The van der Waals surface area contributed by atoms with Gasteiger partial charge >= 0.3 is 0 Å². The van der Waals surface area contributed by atoms with Crippen molar-refractivity contribution in [3.63, 3.8) is 0 Å². The van der Waals surface area contributed by atoms with E-state index in [0.29, 0.717) is 27.5 Å². The monoisotopic (exact) mass is 379 g/mol. The summed E-state index contributed by atoms with van der Waals surface area (Å²) in [5, 5.41) is 0.556. The summed E-state index contributed by atoms with van der Waals surface area (Å²) in [6.45, 7) is 0. The lowest BCUT2D eigenvalue weighted by Crippen LogP contribution is -2.11. The predicted molar refractivity (Wildman–Crippen MR) is 111 cm³/mol. The van der Waals surface area contributed by atoms with E-state index in [9.17, 15) is 4.79 Å². The molecule has 0 bridgehead atoms. The van der Waals surface area contributed by atoms with Gasteiger partial charge in [0.25, 0.3) is 0 Å². The Labute approximate surface area is 164 Å². The number of aromatic nitrogens is 1. The summed E-state index contributed by atoms with van der Waals surface area (Å²) in [6, 6.07) is 17.0. The maximum Gasteiger partial charge on any atom is 0.248 e. The first-order valence-electron chi connectivity index (χ1n) is 8.92. The van der Waals surface area contributed by atoms with E-state index in [1.54, 1.807) is 41.5 Å². The van der Waals surface area contributed by atoms with Gasteiger partial charge < -0.3 is 11.5 Å². The predicted octanol–water partition coefficient (Wildman–Crippen LogP) is 4.65. The van der Waals surface area contributed by atoms with Crippen LogP contribution < -0.4 is 11.5 Å². The number of rotatable bonds is 2. The highest BCUT2D eigenvalue weighted by Gasteiger charge is 2.08. The topological polar surface area (TPSA) is 82.0 Å². The first-order valence-corrected chi connectivity index (χ1v) is 9.30. The summed E-state index contributed by atoms with van der Waals surface area (Å²) in [4.78, 5) is 15.2. The molecule has 1 aliphatic rings. The number of hydrogen-bond acceptors (Lipinski definition) is 3. The Balaban J connectivity index is 0.000000177. The van der Waals surface area contributed by atoms with Gasteiger partial charge in [0.2, 0.25) is 5.91 Å². The van der Waals surface area contributed by atoms with Gasteiger partial charge in [-0.05, 0) is 67.1 Å². The van der Waals surface area contributed by atoms with E-state index < -0.39 is 5.91 Å². The second-order valence-electron chi connectivity index (χ2n) is 6.50. The average molecular weight is 380 g/mol. The van der Waals surface area contributed by atoms with Crippen LogP contribution in [-0.2, 0) is 12.8 Å². The van der Waals surface area contributed by atoms with Gasteiger partial charge in [0, 0.05) is 28.0 Å². The number of anilines is 1. The molecule has 0 fully saturated rings. The summed E-state index contributed by atoms with van der Waals surface area (Å²) in [5.74, 6) is -0.505. The molecule has 0 saturated heterocycles. The van der Waals surface area contributed by atoms with Gasteiger partial charge in [-0.25, -0.2) is 0 Å². The van der Waals surface area contributed by atoms with Crippen LogP contribution in [0.2, 0.25) is 5.02 Å². The third-order valence-corrected chi connectivity index (χ3v) is 4.83. The molecule has 1 amide bonds. The fraction of sp³-hybridized carbons (Fsp3) is 0.182. The van der Waals surface area contributed by atoms with Gasteiger partial charge in [-0.15, -0.1) is 0 Å². The molecule has 0 unspecified atom stereocenters. The van der Waals surface area contributed by atoms with Crippen molar-refractivity contribution in [3.8, 4) is 11.3 Å². The number of carbonyl (C=O) groups is 1. The molecule has 4 nitrogen and oxygen atoms in total. The summed E-state index contributed by atoms with van der Waals surface area (Å²) in [7, 11) is 0. The second kappa shape index (κ2) is 8.69. The molecule has 4 N–H and O–H groups in total. The van der Waals surface area contributed by atoms with E-state index in [1.165, 1.54) is 31.9 Å². The summed E-state index contributed by atoms with van der Waals surface area (Å²) >= 11 is 5.89. The van der Waals surface area contributed by atoms with Crippen molar-refractivity contribution in [2.75, 3.05) is 5.73 Å². The van der Waals surface area contributed by atoms with Crippen molar-refractivity contribution >= 4 is 23.2 Å². The number of halogens is 1. The highest BCUT2D eigenvalue weighted by molar-refractivity contribution is 6.31. The fourth-order valence-corrected chi connectivity index (χ4v) is 3.33. The van der Waals surface area contributed by atoms with E-state index >= 15 is 0 Å². The van der Waals surface area contributed by atoms with Crippen molar-refractivity contribution in [2.45, 2.75) is 25.7 Å². The highest BCUT2D eigenvalue weighted by atomic mass is 35.5. The zero-order valence-electron chi connectivity index (χ0n) is 15.0. The van der Waals surface area contributed by atoms with E-state index in [0.717, 1.165) is 0 Å². The highest BCUT2D eigenvalue weighted by Crippen LogP contribution is 2.27. The Bertz CT molecular complexity index is 931. The van der Waals surface area contributed by atoms with Crippen LogP contribution in [0.25, 0.3) is 11.3 Å². The van der Waals surface area contributed by atoms with Crippen molar-refractivity contribution in [2.24, 2.45) is 5.73 Å². The van der Waals surface area contributed by atoms with Crippen LogP contribution in [0.3, 0.4) is 0 Å². The van der Waals surface area contributed by atoms with Crippen LogP contribution in [0, 0.1) is 0 Å². The summed E-state index contributed by atoms with van der Waals surface area (Å²) in [5.41, 5.74) is 16.4. The number of hydrogen-bond donors (Lipinski definition) is 2. The van der Waals surface area contributed by atoms with Crippen LogP contribution in [0.4, 0.5) is 5.69 Å². The molecule has 0 aliphatic heterocycles. The van der Waals surface area contributed by atoms with Crippen LogP contribution in [0.1, 0.15) is 34.3 Å². The lowest BCUT2D eigenvalue weighted by Gasteiger charge is -2.13. The van der Waals surface area contributed by atoms with Gasteiger partial charge in [0.1, 0.15) is 0 Å². The normalized spacial score (nSPS) is 12.5. The smallest absolute Gasteiger partial charge is 0.248 e. The maximum absolute atomic E-state index is 11.1. The van der Waals surface area contributed by atoms with E-state index in [4.69, 9.17) is 23.1 Å². The van der Waals surface area contributed by atoms with E-state index in [2.05, 4.69) is 29.2 Å². The Morgan fingerprint density at radius 1 is 0.963 bits per heavy atom. The van der Waals surface area contributed by atoms with Crippen molar-refractivity contribution in [1.82, 2.24) is 4.98 Å². The molecule has 5 heteroatoms. The third kappa shape index (κ3) is 4.86. The van der Waals surface area contributed by atoms with E-state index in [-0.39, 0.29) is 0 Å². The zero-order chi connectivity index (χ0) is 19.2. The molecule has 3 aromatic rings. The standard InChI is InChI=1S/C12H10ClN3O.C10H12/c13-8-1-2-10(14)9(6-8)11-5-7(12(15)17)3-4-16-11;1-2-6-10-8-4-3-7-9(10)5-1/h1-6H,14H2,(H2,15,17);1-2,5-6H,3-4,7-8H2. The molecule has 0 atom stereocenters. The number of fused-ring (bicyclic) bond motifs is 1. The average Bonchev–Trinajstić information content (AvgIpc) is 2.70. The minimum atomic E-state index is -0.505. The molecule has 1 heterocycles. The Hall–Kier alpha value is -2.85. The Kier molecular flexibility index (Phi) is 6.09. The number of nitrogens with zero attached hydrogens (tertiary/aromatic N) is 1. The maximum atomic E-state index is 11.1. The number of nitrogens with two attached hydrogens (primary N) is 2. The SMILES string of the molecule is NC(=O)c1ccnc(-c2cc(Cl)ccc2N)c1.c1ccc2c(c1)CCCC2. The van der Waals surface area contributed by atoms with Gasteiger partial charge in [-0.1, -0.05) is 35.9 Å². The Morgan fingerprint density at radius 2 is 1.63 bits per heavy atom. The zero-order valence-corrected chi connectivity index (χ0v) is 15.7. The second-order valence-corrected chi connectivity index (χ2v) is 6.94. The Morgan fingerprint density at radius 3 is 2.26 bits per heavy atom. The van der Waals surface area contributed by atoms with Gasteiger partial charge in [-0.3, -0.25) is 9.78 Å². The number of primary amides is 1. The molecule has 0 radical (unpaired) electrons. The molecule has 1 aliphatic carbocycles. The van der Waals surface area contributed by atoms with Crippen LogP contribution in [0.15, 0.2) is 60.8 Å². The van der Waals surface area contributed by atoms with E-state index in [1.807, 2.05) is 0 Å². The molecular weight excluding hydrogens is 358 g/mol. The summed E-state index contributed by atoms with van der Waals surface area (Å²) < 4.78 is 0.